The number of ether oxygens (including phenoxy) is 1. The van der Waals surface area contributed by atoms with Crippen LogP contribution in [0.5, 0.6) is 5.75 Å². The van der Waals surface area contributed by atoms with E-state index in [1.807, 2.05) is 26.0 Å². The summed E-state index contributed by atoms with van der Waals surface area (Å²) in [5.74, 6) is -0.270. The molecule has 0 heterocycles. The molecule has 1 aromatic rings. The third-order valence-corrected chi connectivity index (χ3v) is 3.10. The van der Waals surface area contributed by atoms with Crippen LogP contribution in [0.3, 0.4) is 0 Å². The Morgan fingerprint density at radius 3 is 2.59 bits per heavy atom. The predicted octanol–water partition coefficient (Wildman–Crippen LogP) is 3.16. The molecule has 6 heteroatoms. The van der Waals surface area contributed by atoms with Crippen LogP contribution in [0.2, 0.25) is 0 Å². The Labute approximate surface area is 130 Å². The fourth-order valence-corrected chi connectivity index (χ4v) is 1.95. The fraction of sp³-hybridized carbons (Fsp3) is 0.500. The van der Waals surface area contributed by atoms with Crippen LogP contribution in [0.1, 0.15) is 39.2 Å². The van der Waals surface area contributed by atoms with Crippen molar-refractivity contribution in [3.8, 4) is 5.75 Å². The Bertz CT molecular complexity index is 541. The number of benzene rings is 1. The summed E-state index contributed by atoms with van der Waals surface area (Å²) in [5.41, 5.74) is 1.01. The minimum Gasteiger partial charge on any atom is -0.492 e. The number of carboxylic acids is 1. The zero-order valence-corrected chi connectivity index (χ0v) is 13.5. The van der Waals surface area contributed by atoms with Crippen LogP contribution in [0.15, 0.2) is 18.2 Å². The van der Waals surface area contributed by atoms with E-state index in [0.29, 0.717) is 24.5 Å². The van der Waals surface area contributed by atoms with E-state index in [9.17, 15) is 9.59 Å². The number of hydrogen-bond acceptors (Lipinski definition) is 3. The number of aliphatic carboxylic acids is 1. The van der Waals surface area contributed by atoms with Crippen LogP contribution in [-0.2, 0) is 4.79 Å². The van der Waals surface area contributed by atoms with Crippen molar-refractivity contribution in [1.82, 2.24) is 5.32 Å². The predicted molar refractivity (Wildman–Crippen MR) is 85.5 cm³/mol. The lowest BCUT2D eigenvalue weighted by molar-refractivity contribution is -0.137. The van der Waals surface area contributed by atoms with Gasteiger partial charge in [0.05, 0.1) is 12.3 Å². The van der Waals surface area contributed by atoms with E-state index >= 15 is 0 Å². The lowest BCUT2D eigenvalue weighted by Gasteiger charge is -2.26. The van der Waals surface area contributed by atoms with Gasteiger partial charge in [-0.15, -0.1) is 0 Å². The number of rotatable bonds is 7. The molecule has 0 unspecified atom stereocenters. The summed E-state index contributed by atoms with van der Waals surface area (Å²) in [6, 6.07) is 5.13. The largest absolute Gasteiger partial charge is 0.492 e. The Morgan fingerprint density at radius 1 is 1.32 bits per heavy atom. The zero-order chi connectivity index (χ0) is 16.8. The van der Waals surface area contributed by atoms with E-state index in [4.69, 9.17) is 9.84 Å². The molecule has 0 aliphatic carbocycles. The molecule has 0 radical (unpaired) electrons. The number of urea groups is 1. The Kier molecular flexibility index (Phi) is 6.22. The summed E-state index contributed by atoms with van der Waals surface area (Å²) in [5, 5.41) is 14.2. The number of carbonyl (C=O) groups is 2. The first-order valence-corrected chi connectivity index (χ1v) is 7.28. The molecule has 0 aliphatic rings. The van der Waals surface area contributed by atoms with Crippen LogP contribution in [0, 0.1) is 6.92 Å². The van der Waals surface area contributed by atoms with Gasteiger partial charge < -0.3 is 20.5 Å². The molecule has 3 N–H and O–H groups in total. The molecule has 0 fully saturated rings. The Hall–Kier alpha value is -2.24. The van der Waals surface area contributed by atoms with Crippen molar-refractivity contribution in [3.05, 3.63) is 23.8 Å². The summed E-state index contributed by atoms with van der Waals surface area (Å²) in [6.45, 7) is 7.90. The molecular weight excluding hydrogens is 284 g/mol. The van der Waals surface area contributed by atoms with Crippen LogP contribution < -0.4 is 15.4 Å². The minimum absolute atomic E-state index is 0.00199. The molecule has 0 spiro atoms. The van der Waals surface area contributed by atoms with Crippen molar-refractivity contribution in [2.75, 3.05) is 11.9 Å². The normalized spacial score (nSPS) is 10.9. The smallest absolute Gasteiger partial charge is 0.319 e. The number of hydrogen-bond donors (Lipinski definition) is 3. The van der Waals surface area contributed by atoms with E-state index in [0.717, 1.165) is 5.56 Å². The second-order valence-electron chi connectivity index (χ2n) is 5.79. The molecule has 2 amide bonds. The van der Waals surface area contributed by atoms with Crippen molar-refractivity contribution in [3.63, 3.8) is 0 Å². The van der Waals surface area contributed by atoms with Crippen molar-refractivity contribution in [1.29, 1.82) is 0 Å². The number of carboxylic acid groups (broad SMARTS) is 1. The molecule has 22 heavy (non-hydrogen) atoms. The van der Waals surface area contributed by atoms with Gasteiger partial charge in [-0.3, -0.25) is 4.79 Å². The summed E-state index contributed by atoms with van der Waals surface area (Å²) >= 11 is 0. The van der Waals surface area contributed by atoms with Gasteiger partial charge in [-0.2, -0.15) is 0 Å². The summed E-state index contributed by atoms with van der Waals surface area (Å²) in [7, 11) is 0. The van der Waals surface area contributed by atoms with Crippen LogP contribution >= 0.6 is 0 Å². The molecule has 0 aromatic heterocycles. The van der Waals surface area contributed by atoms with Gasteiger partial charge in [0.15, 0.2) is 0 Å². The van der Waals surface area contributed by atoms with Gasteiger partial charge in [-0.1, -0.05) is 6.07 Å². The first-order chi connectivity index (χ1) is 10.2. The van der Waals surface area contributed by atoms with Crippen molar-refractivity contribution >= 4 is 17.7 Å². The molecular formula is C16H24N2O4. The number of anilines is 1. The molecule has 0 saturated carbocycles. The van der Waals surface area contributed by atoms with Crippen LogP contribution in [-0.4, -0.2) is 29.3 Å². The standard InChI is InChI=1S/C16H24N2O4/c1-5-22-13-10-11(2)6-7-12(13)17-15(21)18-16(3,4)9-8-14(19)20/h6-7,10H,5,8-9H2,1-4H3,(H,19,20)(H2,17,18,21). The van der Waals surface area contributed by atoms with E-state index in [2.05, 4.69) is 10.6 Å². The van der Waals surface area contributed by atoms with Crippen molar-refractivity contribution in [2.24, 2.45) is 0 Å². The van der Waals surface area contributed by atoms with Gasteiger partial charge in [0.25, 0.3) is 0 Å². The van der Waals surface area contributed by atoms with Crippen molar-refractivity contribution in [2.45, 2.75) is 46.1 Å². The molecule has 1 rings (SSSR count). The minimum atomic E-state index is -0.882. The highest BCUT2D eigenvalue weighted by atomic mass is 16.5. The Morgan fingerprint density at radius 2 is 2.00 bits per heavy atom. The summed E-state index contributed by atoms with van der Waals surface area (Å²) < 4.78 is 5.51. The monoisotopic (exact) mass is 308 g/mol. The quantitative estimate of drug-likeness (QED) is 0.722. The topological polar surface area (TPSA) is 87.7 Å². The molecule has 6 nitrogen and oxygen atoms in total. The maximum absolute atomic E-state index is 12.1. The SMILES string of the molecule is CCOc1cc(C)ccc1NC(=O)NC(C)(C)CCC(=O)O. The van der Waals surface area contributed by atoms with Crippen LogP contribution in [0.4, 0.5) is 10.5 Å². The van der Waals surface area contributed by atoms with E-state index in [1.54, 1.807) is 19.9 Å². The molecule has 0 atom stereocenters. The summed E-state index contributed by atoms with van der Waals surface area (Å²) in [4.78, 5) is 22.7. The van der Waals surface area contributed by atoms with Gasteiger partial charge in [0.2, 0.25) is 0 Å². The second kappa shape index (κ2) is 7.68. The number of nitrogens with one attached hydrogen (secondary N) is 2. The van der Waals surface area contributed by atoms with Crippen LogP contribution in [0.25, 0.3) is 0 Å². The number of carbonyl (C=O) groups excluding carboxylic acids is 1. The van der Waals surface area contributed by atoms with Gasteiger partial charge in [0, 0.05) is 12.0 Å². The Balaban J connectivity index is 2.70. The number of aryl methyl sites for hydroxylation is 1. The first-order valence-electron chi connectivity index (χ1n) is 7.28. The lowest BCUT2D eigenvalue weighted by atomic mass is 9.99. The third kappa shape index (κ3) is 6.03. The highest BCUT2D eigenvalue weighted by Gasteiger charge is 2.22. The van der Waals surface area contributed by atoms with E-state index in [-0.39, 0.29) is 12.5 Å². The highest BCUT2D eigenvalue weighted by molar-refractivity contribution is 5.91. The first kappa shape index (κ1) is 17.8. The van der Waals surface area contributed by atoms with Gasteiger partial charge in [0.1, 0.15) is 5.75 Å². The van der Waals surface area contributed by atoms with Gasteiger partial charge in [-0.05, 0) is 51.8 Å². The van der Waals surface area contributed by atoms with Crippen molar-refractivity contribution < 1.29 is 19.4 Å². The molecule has 0 aliphatic heterocycles. The zero-order valence-electron chi connectivity index (χ0n) is 13.5. The van der Waals surface area contributed by atoms with E-state index < -0.39 is 11.5 Å². The third-order valence-electron chi connectivity index (χ3n) is 3.10. The molecule has 1 aromatic carbocycles. The number of amides is 2. The average Bonchev–Trinajstić information content (AvgIpc) is 2.39. The maximum Gasteiger partial charge on any atom is 0.319 e. The average molecular weight is 308 g/mol. The van der Waals surface area contributed by atoms with Gasteiger partial charge in [-0.25, -0.2) is 4.79 Å². The lowest BCUT2D eigenvalue weighted by Crippen LogP contribution is -2.45. The molecule has 122 valence electrons. The van der Waals surface area contributed by atoms with Gasteiger partial charge >= 0.3 is 12.0 Å². The second-order valence-corrected chi connectivity index (χ2v) is 5.79. The summed E-state index contributed by atoms with van der Waals surface area (Å²) in [6.07, 6.45) is 0.351. The maximum atomic E-state index is 12.1. The molecule has 0 saturated heterocycles. The highest BCUT2D eigenvalue weighted by Crippen LogP contribution is 2.26. The van der Waals surface area contributed by atoms with E-state index in [1.165, 1.54) is 0 Å². The molecule has 0 bridgehead atoms. The fourth-order valence-electron chi connectivity index (χ4n) is 1.95.